The van der Waals surface area contributed by atoms with Crippen molar-refractivity contribution in [3.05, 3.63) is 58.2 Å². The summed E-state index contributed by atoms with van der Waals surface area (Å²) >= 11 is 3.46. The highest BCUT2D eigenvalue weighted by Gasteiger charge is 2.18. The zero-order chi connectivity index (χ0) is 18.0. The van der Waals surface area contributed by atoms with E-state index in [4.69, 9.17) is 0 Å². The molecular formula is C17H17BrFN5O. The molecular weight excluding hydrogens is 389 g/mol. The molecule has 0 saturated carbocycles. The average molecular weight is 406 g/mol. The molecule has 1 aromatic carbocycles. The van der Waals surface area contributed by atoms with Crippen LogP contribution in [0.5, 0.6) is 0 Å². The zero-order valence-electron chi connectivity index (χ0n) is 13.8. The lowest BCUT2D eigenvalue weighted by molar-refractivity contribution is 0.0777. The predicted octanol–water partition coefficient (Wildman–Crippen LogP) is 3.47. The summed E-state index contributed by atoms with van der Waals surface area (Å²) in [6.07, 6.45) is 1.89. The number of rotatable bonds is 5. The van der Waals surface area contributed by atoms with Gasteiger partial charge in [0, 0.05) is 25.4 Å². The second kappa shape index (κ2) is 7.18. The van der Waals surface area contributed by atoms with Crippen LogP contribution in [0.25, 0.3) is 11.3 Å². The molecule has 0 spiro atoms. The van der Waals surface area contributed by atoms with Gasteiger partial charge in [-0.05, 0) is 53.2 Å². The molecule has 0 atom stereocenters. The van der Waals surface area contributed by atoms with Crippen molar-refractivity contribution in [2.75, 3.05) is 7.05 Å². The number of halogens is 2. The maximum absolute atomic E-state index is 13.0. The van der Waals surface area contributed by atoms with Gasteiger partial charge in [-0.3, -0.25) is 14.6 Å². The molecule has 2 aromatic heterocycles. The van der Waals surface area contributed by atoms with Gasteiger partial charge in [-0.15, -0.1) is 0 Å². The van der Waals surface area contributed by atoms with Gasteiger partial charge in [0.1, 0.15) is 11.5 Å². The van der Waals surface area contributed by atoms with Crippen LogP contribution in [-0.4, -0.2) is 37.8 Å². The molecule has 3 aromatic rings. The van der Waals surface area contributed by atoms with Crippen LogP contribution in [0.1, 0.15) is 23.1 Å². The van der Waals surface area contributed by atoms with Crippen molar-refractivity contribution in [1.29, 1.82) is 0 Å². The number of benzene rings is 1. The minimum Gasteiger partial charge on any atom is -0.334 e. The maximum atomic E-state index is 13.0. The van der Waals surface area contributed by atoms with E-state index < -0.39 is 0 Å². The molecule has 8 heteroatoms. The van der Waals surface area contributed by atoms with Crippen molar-refractivity contribution >= 4 is 21.8 Å². The molecule has 0 saturated heterocycles. The molecule has 1 amide bonds. The van der Waals surface area contributed by atoms with Gasteiger partial charge in [0.2, 0.25) is 0 Å². The van der Waals surface area contributed by atoms with Gasteiger partial charge >= 0.3 is 0 Å². The first-order chi connectivity index (χ1) is 12.0. The van der Waals surface area contributed by atoms with Crippen molar-refractivity contribution in [2.45, 2.75) is 20.0 Å². The average Bonchev–Trinajstić information content (AvgIpc) is 3.22. The Morgan fingerprint density at radius 1 is 1.36 bits per heavy atom. The third kappa shape index (κ3) is 3.79. The summed E-state index contributed by atoms with van der Waals surface area (Å²) < 4.78 is 15.7. The lowest BCUT2D eigenvalue weighted by atomic mass is 10.1. The lowest BCUT2D eigenvalue weighted by Crippen LogP contribution is -2.27. The highest BCUT2D eigenvalue weighted by molar-refractivity contribution is 9.10. The number of nitrogens with zero attached hydrogens (tertiary/aromatic N) is 4. The summed E-state index contributed by atoms with van der Waals surface area (Å²) in [5, 5.41) is 11.3. The van der Waals surface area contributed by atoms with Crippen molar-refractivity contribution in [2.24, 2.45) is 0 Å². The first-order valence-corrected chi connectivity index (χ1v) is 8.56. The van der Waals surface area contributed by atoms with Gasteiger partial charge in [-0.1, -0.05) is 0 Å². The van der Waals surface area contributed by atoms with Gasteiger partial charge in [-0.25, -0.2) is 4.39 Å². The first kappa shape index (κ1) is 17.3. The van der Waals surface area contributed by atoms with Crippen LogP contribution in [0.3, 0.4) is 0 Å². The topological polar surface area (TPSA) is 66.8 Å². The summed E-state index contributed by atoms with van der Waals surface area (Å²) in [6.45, 7) is 3.13. The van der Waals surface area contributed by atoms with Gasteiger partial charge in [0.15, 0.2) is 0 Å². The number of hydrogen-bond donors (Lipinski definition) is 1. The molecule has 6 nitrogen and oxygen atoms in total. The Morgan fingerprint density at radius 3 is 2.72 bits per heavy atom. The van der Waals surface area contributed by atoms with Crippen LogP contribution in [-0.2, 0) is 13.1 Å². The van der Waals surface area contributed by atoms with Crippen LogP contribution < -0.4 is 0 Å². The van der Waals surface area contributed by atoms with Gasteiger partial charge in [0.25, 0.3) is 5.91 Å². The van der Waals surface area contributed by atoms with Crippen LogP contribution in [0, 0.1) is 5.82 Å². The van der Waals surface area contributed by atoms with Crippen LogP contribution in [0.2, 0.25) is 0 Å². The number of aryl methyl sites for hydroxylation is 1. The van der Waals surface area contributed by atoms with Gasteiger partial charge in [0.05, 0.1) is 22.4 Å². The monoisotopic (exact) mass is 405 g/mol. The van der Waals surface area contributed by atoms with Crippen LogP contribution in [0.15, 0.2) is 41.0 Å². The van der Waals surface area contributed by atoms with E-state index in [1.54, 1.807) is 34.8 Å². The molecule has 1 N–H and O–H groups in total. The molecule has 0 bridgehead atoms. The van der Waals surface area contributed by atoms with E-state index in [1.807, 2.05) is 13.1 Å². The number of carbonyl (C=O) groups is 1. The lowest BCUT2D eigenvalue weighted by Gasteiger charge is -2.14. The Kier molecular flexibility index (Phi) is 4.98. The summed E-state index contributed by atoms with van der Waals surface area (Å²) in [5.74, 6) is -0.508. The SMILES string of the molecule is CCn1cc(Br)c(CN(C)C(=O)c2cc(-c3ccc(F)cc3)n[nH]2)n1. The largest absolute Gasteiger partial charge is 0.334 e. The Labute approximate surface area is 152 Å². The second-order valence-electron chi connectivity index (χ2n) is 5.61. The Bertz CT molecular complexity index is 887. The van der Waals surface area contributed by atoms with Crippen LogP contribution in [0.4, 0.5) is 4.39 Å². The van der Waals surface area contributed by atoms with Gasteiger partial charge in [-0.2, -0.15) is 10.2 Å². The van der Waals surface area contributed by atoms with E-state index >= 15 is 0 Å². The first-order valence-electron chi connectivity index (χ1n) is 7.76. The molecule has 0 fully saturated rings. The molecule has 0 radical (unpaired) electrons. The molecule has 0 unspecified atom stereocenters. The number of aromatic nitrogens is 4. The van der Waals surface area contributed by atoms with Gasteiger partial charge < -0.3 is 4.90 Å². The fraction of sp³-hybridized carbons (Fsp3) is 0.235. The number of amides is 1. The smallest absolute Gasteiger partial charge is 0.271 e. The second-order valence-corrected chi connectivity index (χ2v) is 6.47. The molecule has 2 heterocycles. The van der Waals surface area contributed by atoms with Crippen molar-refractivity contribution in [1.82, 2.24) is 24.9 Å². The third-order valence-electron chi connectivity index (χ3n) is 3.79. The van der Waals surface area contributed by atoms with E-state index in [2.05, 4.69) is 31.2 Å². The maximum Gasteiger partial charge on any atom is 0.271 e. The van der Waals surface area contributed by atoms with E-state index in [1.165, 1.54) is 12.1 Å². The number of aromatic amines is 1. The summed E-state index contributed by atoms with van der Waals surface area (Å²) in [4.78, 5) is 14.1. The zero-order valence-corrected chi connectivity index (χ0v) is 15.4. The quantitative estimate of drug-likeness (QED) is 0.706. The highest BCUT2D eigenvalue weighted by atomic mass is 79.9. The Morgan fingerprint density at radius 2 is 2.08 bits per heavy atom. The standard InChI is InChI=1S/C17H17BrFN5O/c1-3-24-9-13(18)16(22-24)10-23(2)17(25)15-8-14(20-21-15)11-4-6-12(19)7-5-11/h4-9H,3,10H2,1-2H3,(H,20,21). The van der Waals surface area contributed by atoms with E-state index in [0.29, 0.717) is 17.9 Å². The Balaban J connectivity index is 1.74. The minimum atomic E-state index is -0.313. The number of H-pyrrole nitrogens is 1. The Hall–Kier alpha value is -2.48. The number of hydrogen-bond acceptors (Lipinski definition) is 3. The fourth-order valence-corrected chi connectivity index (χ4v) is 2.85. The summed E-state index contributed by atoms with van der Waals surface area (Å²) in [6, 6.07) is 7.63. The molecule has 0 aliphatic heterocycles. The van der Waals surface area contributed by atoms with Crippen LogP contribution >= 0.6 is 15.9 Å². The summed E-state index contributed by atoms with van der Waals surface area (Å²) in [7, 11) is 1.71. The molecule has 0 aliphatic carbocycles. The van der Waals surface area contributed by atoms with Crippen molar-refractivity contribution in [3.63, 3.8) is 0 Å². The minimum absolute atomic E-state index is 0.196. The molecule has 3 rings (SSSR count). The predicted molar refractivity (Wildman–Crippen MR) is 95.4 cm³/mol. The normalized spacial score (nSPS) is 10.9. The number of nitrogens with one attached hydrogen (secondary N) is 1. The molecule has 0 aliphatic rings. The van der Waals surface area contributed by atoms with E-state index in [-0.39, 0.29) is 11.7 Å². The van der Waals surface area contributed by atoms with Crippen molar-refractivity contribution < 1.29 is 9.18 Å². The highest BCUT2D eigenvalue weighted by Crippen LogP contribution is 2.20. The molecule has 130 valence electrons. The summed E-state index contributed by atoms with van der Waals surface area (Å²) in [5.41, 5.74) is 2.49. The fourth-order valence-electron chi connectivity index (χ4n) is 2.41. The third-order valence-corrected chi connectivity index (χ3v) is 4.46. The molecule has 25 heavy (non-hydrogen) atoms. The number of carbonyl (C=O) groups excluding carboxylic acids is 1. The van der Waals surface area contributed by atoms with E-state index in [9.17, 15) is 9.18 Å². The van der Waals surface area contributed by atoms with Crippen molar-refractivity contribution in [3.8, 4) is 11.3 Å². The van der Waals surface area contributed by atoms with E-state index in [0.717, 1.165) is 22.3 Å².